The number of ether oxygens (including phenoxy) is 1. The molecule has 5 heteroatoms. The molecule has 0 amide bonds. The number of benzene rings is 2. The van der Waals surface area contributed by atoms with Crippen LogP contribution in [0.5, 0.6) is 11.5 Å². The van der Waals surface area contributed by atoms with Gasteiger partial charge in [0.25, 0.3) is 0 Å². The van der Waals surface area contributed by atoms with Gasteiger partial charge in [0.05, 0.1) is 12.6 Å². The minimum absolute atomic E-state index is 0.237. The fourth-order valence-electron chi connectivity index (χ4n) is 2.42. The quantitative estimate of drug-likeness (QED) is 0.766. The van der Waals surface area contributed by atoms with E-state index in [4.69, 9.17) is 4.74 Å². The third-order valence-corrected chi connectivity index (χ3v) is 3.50. The Morgan fingerprint density at radius 2 is 1.87 bits per heavy atom. The van der Waals surface area contributed by atoms with Crippen molar-refractivity contribution >= 4 is 16.9 Å². The fourth-order valence-corrected chi connectivity index (χ4v) is 2.42. The van der Waals surface area contributed by atoms with Crippen LogP contribution in [0.15, 0.2) is 42.6 Å². The largest absolute Gasteiger partial charge is 0.508 e. The Morgan fingerprint density at radius 1 is 1.13 bits per heavy atom. The molecule has 23 heavy (non-hydrogen) atoms. The summed E-state index contributed by atoms with van der Waals surface area (Å²) in [6.07, 6.45) is 1.80. The molecule has 5 nitrogen and oxygen atoms in total. The molecule has 0 spiro atoms. The van der Waals surface area contributed by atoms with Gasteiger partial charge in [-0.25, -0.2) is 9.97 Å². The first-order valence-electron chi connectivity index (χ1n) is 7.47. The minimum atomic E-state index is 0.237. The monoisotopic (exact) mass is 309 g/mol. The number of aromatic nitrogens is 2. The summed E-state index contributed by atoms with van der Waals surface area (Å²) in [7, 11) is 1.64. The van der Waals surface area contributed by atoms with E-state index in [1.54, 1.807) is 25.4 Å². The van der Waals surface area contributed by atoms with Crippen molar-refractivity contribution in [2.75, 3.05) is 12.4 Å². The zero-order chi connectivity index (χ0) is 16.4. The second-order valence-electron chi connectivity index (χ2n) is 5.65. The van der Waals surface area contributed by atoms with Crippen LogP contribution in [0.4, 0.5) is 5.95 Å². The summed E-state index contributed by atoms with van der Waals surface area (Å²) in [5.41, 5.74) is 2.72. The maximum atomic E-state index is 9.45. The van der Waals surface area contributed by atoms with Gasteiger partial charge in [-0.2, -0.15) is 0 Å². The molecule has 0 aliphatic heterocycles. The number of aromatic hydroxyl groups is 1. The van der Waals surface area contributed by atoms with E-state index < -0.39 is 0 Å². The van der Waals surface area contributed by atoms with E-state index in [0.29, 0.717) is 5.95 Å². The number of fused-ring (bicyclic) bond motifs is 1. The number of hydrogen-bond donors (Lipinski definition) is 2. The summed E-state index contributed by atoms with van der Waals surface area (Å²) < 4.78 is 5.52. The summed E-state index contributed by atoms with van der Waals surface area (Å²) >= 11 is 0. The SMILES string of the molecule is COc1cc2nc(NC(C)C)ncc2cc1-c1ccc(O)cc1. The fraction of sp³-hybridized carbons (Fsp3) is 0.222. The van der Waals surface area contributed by atoms with Crippen LogP contribution >= 0.6 is 0 Å². The van der Waals surface area contributed by atoms with E-state index >= 15 is 0 Å². The van der Waals surface area contributed by atoms with Crippen LogP contribution in [-0.4, -0.2) is 28.2 Å². The minimum Gasteiger partial charge on any atom is -0.508 e. The topological polar surface area (TPSA) is 67.3 Å². The Balaban J connectivity index is 2.10. The lowest BCUT2D eigenvalue weighted by Gasteiger charge is -2.12. The second-order valence-corrected chi connectivity index (χ2v) is 5.65. The predicted octanol–water partition coefficient (Wildman–Crippen LogP) is 3.83. The van der Waals surface area contributed by atoms with E-state index in [1.165, 1.54) is 0 Å². The van der Waals surface area contributed by atoms with E-state index in [2.05, 4.69) is 15.3 Å². The highest BCUT2D eigenvalue weighted by atomic mass is 16.5. The standard InChI is InChI=1S/C18H19N3O2/c1-11(2)20-18-19-10-13-8-15(12-4-6-14(22)7-5-12)17(23-3)9-16(13)21-18/h4-11,22H,1-3H3,(H,19,20,21). The Hall–Kier alpha value is -2.82. The number of nitrogens with one attached hydrogen (secondary N) is 1. The zero-order valence-electron chi connectivity index (χ0n) is 13.4. The molecule has 0 fully saturated rings. The lowest BCUT2D eigenvalue weighted by molar-refractivity contribution is 0.417. The van der Waals surface area contributed by atoms with Crippen LogP contribution in [0, 0.1) is 0 Å². The number of anilines is 1. The van der Waals surface area contributed by atoms with Gasteiger partial charge in [0.1, 0.15) is 11.5 Å². The van der Waals surface area contributed by atoms with Gasteiger partial charge in [-0.1, -0.05) is 12.1 Å². The molecule has 2 N–H and O–H groups in total. The van der Waals surface area contributed by atoms with Crippen LogP contribution in [0.2, 0.25) is 0 Å². The molecule has 3 aromatic rings. The summed E-state index contributed by atoms with van der Waals surface area (Å²) in [4.78, 5) is 8.88. The molecule has 0 saturated heterocycles. The van der Waals surface area contributed by atoms with Crippen LogP contribution in [-0.2, 0) is 0 Å². The summed E-state index contributed by atoms with van der Waals surface area (Å²) in [6, 6.07) is 11.2. The summed E-state index contributed by atoms with van der Waals surface area (Å²) in [5, 5.41) is 13.6. The van der Waals surface area contributed by atoms with Crippen LogP contribution in [0.3, 0.4) is 0 Å². The van der Waals surface area contributed by atoms with E-state index in [-0.39, 0.29) is 11.8 Å². The molecule has 0 unspecified atom stereocenters. The van der Waals surface area contributed by atoms with Crippen molar-refractivity contribution in [2.24, 2.45) is 0 Å². The molecular weight excluding hydrogens is 290 g/mol. The van der Waals surface area contributed by atoms with E-state index in [0.717, 1.165) is 27.8 Å². The lowest BCUT2D eigenvalue weighted by Crippen LogP contribution is -2.12. The molecule has 118 valence electrons. The average molecular weight is 309 g/mol. The molecule has 0 bridgehead atoms. The second kappa shape index (κ2) is 6.12. The van der Waals surface area contributed by atoms with Crippen molar-refractivity contribution in [3.05, 3.63) is 42.6 Å². The first-order chi connectivity index (χ1) is 11.1. The molecule has 0 aliphatic rings. The molecule has 1 heterocycles. The van der Waals surface area contributed by atoms with Crippen LogP contribution in [0.25, 0.3) is 22.0 Å². The predicted molar refractivity (Wildman–Crippen MR) is 91.9 cm³/mol. The number of methoxy groups -OCH3 is 1. The molecule has 0 aliphatic carbocycles. The van der Waals surface area contributed by atoms with Gasteiger partial charge in [-0.15, -0.1) is 0 Å². The van der Waals surface area contributed by atoms with Crippen molar-refractivity contribution < 1.29 is 9.84 Å². The van der Waals surface area contributed by atoms with Gasteiger partial charge >= 0.3 is 0 Å². The van der Waals surface area contributed by atoms with E-state index in [1.807, 2.05) is 38.1 Å². The molecule has 3 rings (SSSR count). The molecule has 1 aromatic heterocycles. The summed E-state index contributed by atoms with van der Waals surface area (Å²) in [6.45, 7) is 4.09. The normalized spacial score (nSPS) is 11.0. The van der Waals surface area contributed by atoms with Crippen molar-refractivity contribution in [1.82, 2.24) is 9.97 Å². The summed E-state index contributed by atoms with van der Waals surface area (Å²) in [5.74, 6) is 1.57. The van der Waals surface area contributed by atoms with Gasteiger partial charge < -0.3 is 15.2 Å². The van der Waals surface area contributed by atoms with Crippen molar-refractivity contribution in [2.45, 2.75) is 19.9 Å². The third kappa shape index (κ3) is 3.18. The van der Waals surface area contributed by atoms with Gasteiger partial charge in [-0.05, 0) is 37.6 Å². The van der Waals surface area contributed by atoms with Gasteiger partial charge in [0.2, 0.25) is 5.95 Å². The Morgan fingerprint density at radius 3 is 2.52 bits per heavy atom. The molecule has 0 atom stereocenters. The lowest BCUT2D eigenvalue weighted by atomic mass is 10.0. The number of phenolic OH excluding ortho intramolecular Hbond substituents is 1. The average Bonchev–Trinajstić information content (AvgIpc) is 2.54. The van der Waals surface area contributed by atoms with Crippen molar-refractivity contribution in [1.29, 1.82) is 0 Å². The highest BCUT2D eigenvalue weighted by Gasteiger charge is 2.10. The number of nitrogens with zero attached hydrogens (tertiary/aromatic N) is 2. The maximum Gasteiger partial charge on any atom is 0.223 e. The zero-order valence-corrected chi connectivity index (χ0v) is 13.4. The Labute approximate surface area is 135 Å². The first kappa shape index (κ1) is 15.1. The highest BCUT2D eigenvalue weighted by Crippen LogP contribution is 2.34. The highest BCUT2D eigenvalue weighted by molar-refractivity contribution is 5.88. The Kier molecular flexibility index (Phi) is 4.02. The molecule has 2 aromatic carbocycles. The number of phenols is 1. The third-order valence-electron chi connectivity index (χ3n) is 3.50. The van der Waals surface area contributed by atoms with Gasteiger partial charge in [-0.3, -0.25) is 0 Å². The first-order valence-corrected chi connectivity index (χ1v) is 7.47. The maximum absolute atomic E-state index is 9.45. The van der Waals surface area contributed by atoms with Crippen LogP contribution < -0.4 is 10.1 Å². The van der Waals surface area contributed by atoms with Gasteiger partial charge in [0, 0.05) is 29.3 Å². The van der Waals surface area contributed by atoms with Crippen LogP contribution in [0.1, 0.15) is 13.8 Å². The number of rotatable bonds is 4. The smallest absolute Gasteiger partial charge is 0.223 e. The molecule has 0 radical (unpaired) electrons. The van der Waals surface area contributed by atoms with Gasteiger partial charge in [0.15, 0.2) is 0 Å². The van der Waals surface area contributed by atoms with Crippen molar-refractivity contribution in [3.63, 3.8) is 0 Å². The Bertz CT molecular complexity index is 830. The van der Waals surface area contributed by atoms with E-state index in [9.17, 15) is 5.11 Å². The molecule has 0 saturated carbocycles. The number of hydrogen-bond acceptors (Lipinski definition) is 5. The van der Waals surface area contributed by atoms with Crippen molar-refractivity contribution in [3.8, 4) is 22.6 Å². The molecular formula is C18H19N3O2.